The number of aliphatic hydroxyl groups is 1. The molecule has 2 N–H and O–H groups in total. The molecule has 0 bridgehead atoms. The van der Waals surface area contributed by atoms with Crippen molar-refractivity contribution >= 4 is 6.03 Å². The summed E-state index contributed by atoms with van der Waals surface area (Å²) in [6.45, 7) is 0.177. The van der Waals surface area contributed by atoms with E-state index in [9.17, 15) is 23.1 Å². The van der Waals surface area contributed by atoms with E-state index in [0.717, 1.165) is 25.1 Å². The van der Waals surface area contributed by atoms with E-state index in [4.69, 9.17) is 0 Å². The van der Waals surface area contributed by atoms with Crippen molar-refractivity contribution in [2.24, 2.45) is 0 Å². The fourth-order valence-corrected chi connectivity index (χ4v) is 2.76. The number of aromatic nitrogens is 1. The molecule has 1 fully saturated rings. The van der Waals surface area contributed by atoms with E-state index in [1.54, 1.807) is 7.05 Å². The van der Waals surface area contributed by atoms with Crippen molar-refractivity contribution in [1.29, 1.82) is 0 Å². The van der Waals surface area contributed by atoms with Crippen LogP contribution < -0.4 is 5.32 Å². The van der Waals surface area contributed by atoms with Gasteiger partial charge in [-0.1, -0.05) is 12.8 Å². The lowest BCUT2D eigenvalue weighted by atomic mass is 10.0. The average Bonchev–Trinajstić information content (AvgIpc) is 2.90. The van der Waals surface area contributed by atoms with Gasteiger partial charge < -0.3 is 15.3 Å². The van der Waals surface area contributed by atoms with E-state index in [0.29, 0.717) is 18.4 Å². The molecule has 1 heterocycles. The van der Waals surface area contributed by atoms with Gasteiger partial charge in [0.1, 0.15) is 5.69 Å². The van der Waals surface area contributed by atoms with Gasteiger partial charge >= 0.3 is 12.2 Å². The number of hydrogen-bond acceptors (Lipinski definition) is 3. The highest BCUT2D eigenvalue weighted by molar-refractivity contribution is 5.73. The summed E-state index contributed by atoms with van der Waals surface area (Å²) < 4.78 is 37.7. The van der Waals surface area contributed by atoms with Crippen molar-refractivity contribution in [3.8, 4) is 0 Å². The maximum Gasteiger partial charge on any atom is 0.433 e. The van der Waals surface area contributed by atoms with E-state index in [-0.39, 0.29) is 13.1 Å². The lowest BCUT2D eigenvalue weighted by Gasteiger charge is -2.28. The number of nitrogens with one attached hydrogen (secondary N) is 1. The van der Waals surface area contributed by atoms with Crippen LogP contribution in [0.1, 0.15) is 36.9 Å². The second-order valence-corrected chi connectivity index (χ2v) is 5.99. The Morgan fingerprint density at radius 2 is 2.09 bits per heavy atom. The molecule has 23 heavy (non-hydrogen) atoms. The van der Waals surface area contributed by atoms with E-state index in [2.05, 4.69) is 10.3 Å². The predicted molar refractivity (Wildman–Crippen MR) is 77.5 cm³/mol. The van der Waals surface area contributed by atoms with Crippen LogP contribution in [0.2, 0.25) is 0 Å². The molecule has 0 radical (unpaired) electrons. The summed E-state index contributed by atoms with van der Waals surface area (Å²) in [7, 11) is 1.55. The number of amides is 2. The predicted octanol–water partition coefficient (Wildman–Crippen LogP) is 2.55. The fourth-order valence-electron chi connectivity index (χ4n) is 2.76. The molecule has 128 valence electrons. The zero-order valence-electron chi connectivity index (χ0n) is 12.9. The van der Waals surface area contributed by atoms with E-state index < -0.39 is 23.5 Å². The van der Waals surface area contributed by atoms with Crippen molar-refractivity contribution in [2.75, 3.05) is 13.6 Å². The van der Waals surface area contributed by atoms with Gasteiger partial charge in [0.25, 0.3) is 0 Å². The largest absolute Gasteiger partial charge is 0.433 e. The second-order valence-electron chi connectivity index (χ2n) is 5.99. The molecule has 0 aromatic carbocycles. The van der Waals surface area contributed by atoms with Crippen LogP contribution in [-0.2, 0) is 12.7 Å². The smallest absolute Gasteiger partial charge is 0.388 e. The van der Waals surface area contributed by atoms with Crippen LogP contribution in [0, 0.1) is 0 Å². The highest BCUT2D eigenvalue weighted by Gasteiger charge is 2.34. The molecule has 0 saturated heterocycles. The summed E-state index contributed by atoms with van der Waals surface area (Å²) in [5.74, 6) is 0. The van der Waals surface area contributed by atoms with Gasteiger partial charge in [-0.15, -0.1) is 0 Å². The van der Waals surface area contributed by atoms with Gasteiger partial charge in [-0.2, -0.15) is 13.2 Å². The Kier molecular flexibility index (Phi) is 5.13. The summed E-state index contributed by atoms with van der Waals surface area (Å²) in [5, 5.41) is 12.8. The first kappa shape index (κ1) is 17.5. The molecular weight excluding hydrogens is 311 g/mol. The number of halogens is 3. The lowest BCUT2D eigenvalue weighted by molar-refractivity contribution is -0.141. The van der Waals surface area contributed by atoms with Crippen molar-refractivity contribution < 1.29 is 23.1 Å². The van der Waals surface area contributed by atoms with Gasteiger partial charge in [0.2, 0.25) is 0 Å². The number of urea groups is 1. The van der Waals surface area contributed by atoms with E-state index in [1.807, 2.05) is 0 Å². The normalized spacial score (nSPS) is 17.1. The van der Waals surface area contributed by atoms with Crippen molar-refractivity contribution in [2.45, 2.75) is 44.0 Å². The molecule has 1 aromatic rings. The fraction of sp³-hybridized carbons (Fsp3) is 0.600. The Hall–Kier alpha value is -1.83. The Labute approximate surface area is 132 Å². The van der Waals surface area contributed by atoms with Gasteiger partial charge in [0.15, 0.2) is 0 Å². The summed E-state index contributed by atoms with van der Waals surface area (Å²) in [6.07, 6.45) is -0.266. The molecule has 0 unspecified atom stereocenters. The molecule has 2 rings (SSSR count). The third-order valence-corrected chi connectivity index (χ3v) is 3.97. The number of carbonyl (C=O) groups is 1. The molecule has 8 heteroatoms. The highest BCUT2D eigenvalue weighted by Crippen LogP contribution is 2.30. The molecule has 1 aromatic heterocycles. The van der Waals surface area contributed by atoms with Crippen molar-refractivity contribution in [3.63, 3.8) is 0 Å². The minimum atomic E-state index is -4.51. The molecule has 5 nitrogen and oxygen atoms in total. The van der Waals surface area contributed by atoms with Gasteiger partial charge in [-0.3, -0.25) is 4.98 Å². The highest BCUT2D eigenvalue weighted by atomic mass is 19.4. The molecule has 1 aliphatic rings. The Morgan fingerprint density at radius 1 is 1.43 bits per heavy atom. The molecule has 0 atom stereocenters. The number of nitrogens with zero attached hydrogens (tertiary/aromatic N) is 2. The molecule has 1 saturated carbocycles. The standard InChI is InChI=1S/C15H20F3N3O2/c1-21(10-14(23)5-2-3-6-14)13(22)20-9-11-4-7-19-12(8-11)15(16,17)18/h4,7-8,23H,2-3,5-6,9-10H2,1H3,(H,20,22). The summed E-state index contributed by atoms with van der Waals surface area (Å²) in [5.41, 5.74) is -1.53. The molecule has 0 spiro atoms. The number of hydrogen-bond donors (Lipinski definition) is 2. The topological polar surface area (TPSA) is 65.5 Å². The number of pyridine rings is 1. The number of likely N-dealkylation sites (N-methyl/N-ethyl adjacent to an activating group) is 1. The lowest BCUT2D eigenvalue weighted by Crippen LogP contribution is -2.45. The number of rotatable bonds is 4. The van der Waals surface area contributed by atoms with Gasteiger partial charge in [-0.05, 0) is 30.5 Å². The van der Waals surface area contributed by atoms with Crippen LogP contribution in [-0.4, -0.2) is 40.2 Å². The number of carbonyl (C=O) groups excluding carboxylic acids is 1. The first-order chi connectivity index (χ1) is 10.7. The molecule has 1 aliphatic carbocycles. The summed E-state index contributed by atoms with van der Waals surface area (Å²) in [6, 6.07) is 1.89. The summed E-state index contributed by atoms with van der Waals surface area (Å²) >= 11 is 0. The van der Waals surface area contributed by atoms with E-state index in [1.165, 1.54) is 11.0 Å². The monoisotopic (exact) mass is 331 g/mol. The van der Waals surface area contributed by atoms with Crippen molar-refractivity contribution in [3.05, 3.63) is 29.6 Å². The maximum absolute atomic E-state index is 12.6. The minimum Gasteiger partial charge on any atom is -0.388 e. The Balaban J connectivity index is 1.89. The third kappa shape index (κ3) is 4.82. The average molecular weight is 331 g/mol. The molecular formula is C15H20F3N3O2. The van der Waals surface area contributed by atoms with Gasteiger partial charge in [0.05, 0.1) is 12.1 Å². The molecule has 2 amide bonds. The molecule has 0 aliphatic heterocycles. The van der Waals surface area contributed by atoms with Crippen molar-refractivity contribution in [1.82, 2.24) is 15.2 Å². The quantitative estimate of drug-likeness (QED) is 0.891. The zero-order valence-corrected chi connectivity index (χ0v) is 12.9. The van der Waals surface area contributed by atoms with Crippen LogP contribution in [0.3, 0.4) is 0 Å². The SMILES string of the molecule is CN(CC1(O)CCCC1)C(=O)NCc1ccnc(C(F)(F)F)c1. The van der Waals surface area contributed by atoms with Gasteiger partial charge in [-0.25, -0.2) is 4.79 Å². The number of alkyl halides is 3. The van der Waals surface area contributed by atoms with E-state index >= 15 is 0 Å². The third-order valence-electron chi connectivity index (χ3n) is 3.97. The van der Waals surface area contributed by atoms with Crippen LogP contribution in [0.5, 0.6) is 0 Å². The Morgan fingerprint density at radius 3 is 2.70 bits per heavy atom. The second kappa shape index (κ2) is 6.74. The van der Waals surface area contributed by atoms with Crippen LogP contribution in [0.15, 0.2) is 18.3 Å². The van der Waals surface area contributed by atoms with Crippen LogP contribution in [0.4, 0.5) is 18.0 Å². The first-order valence-electron chi connectivity index (χ1n) is 7.43. The maximum atomic E-state index is 12.6. The van der Waals surface area contributed by atoms with Crippen LogP contribution in [0.25, 0.3) is 0 Å². The Bertz CT molecular complexity index is 557. The summed E-state index contributed by atoms with van der Waals surface area (Å²) in [4.78, 5) is 16.6. The van der Waals surface area contributed by atoms with Gasteiger partial charge in [0, 0.05) is 19.8 Å². The zero-order chi connectivity index (χ0) is 17.1. The minimum absolute atomic E-state index is 0.0345. The first-order valence-corrected chi connectivity index (χ1v) is 7.43. The van der Waals surface area contributed by atoms with Crippen LogP contribution >= 0.6 is 0 Å².